The maximum atomic E-state index is 13.2. The van der Waals surface area contributed by atoms with Crippen molar-refractivity contribution in [3.05, 3.63) is 66.2 Å². The number of benzene rings is 2. The molecule has 1 saturated heterocycles. The number of hydrogen-bond acceptors (Lipinski definition) is 4. The van der Waals surface area contributed by atoms with Crippen LogP contribution in [0, 0.1) is 17.8 Å². The maximum Gasteiger partial charge on any atom is 0.243 e. The Labute approximate surface area is 175 Å². The molecule has 0 aliphatic carbocycles. The number of nitrogens with one attached hydrogen (secondary N) is 1. The van der Waals surface area contributed by atoms with Crippen molar-refractivity contribution in [3.63, 3.8) is 0 Å². The highest BCUT2D eigenvalue weighted by atomic mass is 32.2. The Kier molecular flexibility index (Phi) is 7.84. The molecule has 1 aliphatic rings. The van der Waals surface area contributed by atoms with E-state index in [0.717, 1.165) is 18.7 Å². The zero-order chi connectivity index (χ0) is 20.7. The summed E-state index contributed by atoms with van der Waals surface area (Å²) in [7, 11) is -3.51. The summed E-state index contributed by atoms with van der Waals surface area (Å²) in [6.07, 6.45) is 0. The van der Waals surface area contributed by atoms with Gasteiger partial charge in [-0.05, 0) is 36.1 Å². The van der Waals surface area contributed by atoms with Gasteiger partial charge in [-0.1, -0.05) is 62.4 Å². The zero-order valence-corrected chi connectivity index (χ0v) is 18.1. The summed E-state index contributed by atoms with van der Waals surface area (Å²) in [5.74, 6) is 0.804. The van der Waals surface area contributed by atoms with E-state index in [-0.39, 0.29) is 11.8 Å². The fraction of sp³-hybridized carbons (Fsp3) is 0.478. The summed E-state index contributed by atoms with van der Waals surface area (Å²) in [5, 5.41) is 3.42. The lowest BCUT2D eigenvalue weighted by atomic mass is 9.96. The van der Waals surface area contributed by atoms with Gasteiger partial charge < -0.3 is 10.1 Å². The van der Waals surface area contributed by atoms with Crippen molar-refractivity contribution in [3.8, 4) is 0 Å². The van der Waals surface area contributed by atoms with E-state index in [4.69, 9.17) is 4.74 Å². The first kappa shape index (κ1) is 22.0. The average molecular weight is 417 g/mol. The molecule has 0 spiro atoms. The predicted octanol–water partition coefficient (Wildman–Crippen LogP) is 3.39. The molecule has 6 heteroatoms. The molecule has 1 fully saturated rings. The summed E-state index contributed by atoms with van der Waals surface area (Å²) in [4.78, 5) is 0.364. The van der Waals surface area contributed by atoms with Gasteiger partial charge in [0.1, 0.15) is 0 Å². The Hall–Kier alpha value is -1.73. The van der Waals surface area contributed by atoms with E-state index in [1.807, 2.05) is 24.3 Å². The first-order valence-corrected chi connectivity index (χ1v) is 11.8. The number of hydrogen-bond donors (Lipinski definition) is 1. The van der Waals surface area contributed by atoms with Crippen molar-refractivity contribution in [2.45, 2.75) is 25.3 Å². The quantitative estimate of drug-likeness (QED) is 0.645. The van der Waals surface area contributed by atoms with Gasteiger partial charge in [0, 0.05) is 25.6 Å². The van der Waals surface area contributed by atoms with Gasteiger partial charge in [0.2, 0.25) is 10.0 Å². The molecule has 0 amide bonds. The SMILES string of the molecule is CC(C)CN(C[C@H]1CNC[C@@H]1COCc1ccccc1)S(=O)(=O)c1ccccc1. The molecule has 0 saturated carbocycles. The molecule has 1 heterocycles. The Morgan fingerprint density at radius 2 is 1.62 bits per heavy atom. The highest BCUT2D eigenvalue weighted by molar-refractivity contribution is 7.89. The van der Waals surface area contributed by atoms with Crippen molar-refractivity contribution >= 4 is 10.0 Å². The summed E-state index contributed by atoms with van der Waals surface area (Å²) < 4.78 is 34.1. The normalized spacial score (nSPS) is 19.9. The van der Waals surface area contributed by atoms with E-state index in [0.29, 0.717) is 37.1 Å². The second-order valence-corrected chi connectivity index (χ2v) is 10.1. The molecule has 1 aliphatic heterocycles. The van der Waals surface area contributed by atoms with Crippen molar-refractivity contribution in [2.24, 2.45) is 17.8 Å². The van der Waals surface area contributed by atoms with Crippen LogP contribution in [0.2, 0.25) is 0 Å². The molecule has 0 radical (unpaired) electrons. The molecule has 1 N–H and O–H groups in total. The first-order valence-electron chi connectivity index (χ1n) is 10.3. The van der Waals surface area contributed by atoms with Gasteiger partial charge in [0.25, 0.3) is 0 Å². The lowest BCUT2D eigenvalue weighted by Gasteiger charge is -2.29. The fourth-order valence-corrected chi connectivity index (χ4v) is 5.46. The summed E-state index contributed by atoms with van der Waals surface area (Å²) >= 11 is 0. The average Bonchev–Trinajstić information content (AvgIpc) is 3.16. The molecular weight excluding hydrogens is 384 g/mol. The second-order valence-electron chi connectivity index (χ2n) is 8.21. The van der Waals surface area contributed by atoms with Crippen molar-refractivity contribution in [2.75, 3.05) is 32.8 Å². The van der Waals surface area contributed by atoms with E-state index in [2.05, 4.69) is 31.3 Å². The van der Waals surface area contributed by atoms with Crippen LogP contribution in [0.15, 0.2) is 65.6 Å². The van der Waals surface area contributed by atoms with Crippen LogP contribution in [0.1, 0.15) is 19.4 Å². The largest absolute Gasteiger partial charge is 0.376 e. The number of nitrogens with zero attached hydrogens (tertiary/aromatic N) is 1. The number of ether oxygens (including phenoxy) is 1. The molecule has 3 rings (SSSR count). The highest BCUT2D eigenvalue weighted by Gasteiger charge is 2.33. The van der Waals surface area contributed by atoms with E-state index in [1.165, 1.54) is 0 Å². The van der Waals surface area contributed by atoms with E-state index in [9.17, 15) is 8.42 Å². The molecule has 0 bridgehead atoms. The third-order valence-electron chi connectivity index (χ3n) is 5.31. The standard InChI is InChI=1S/C23H32N2O3S/c1-19(2)15-25(29(26,27)23-11-7-4-8-12-23)16-21-13-24-14-22(21)18-28-17-20-9-5-3-6-10-20/h3-12,19,21-22,24H,13-18H2,1-2H3/t21-,22-/m1/s1. The Morgan fingerprint density at radius 3 is 2.28 bits per heavy atom. The second kappa shape index (κ2) is 10.3. The minimum Gasteiger partial charge on any atom is -0.376 e. The Morgan fingerprint density at radius 1 is 1.00 bits per heavy atom. The fourth-order valence-electron chi connectivity index (χ4n) is 3.78. The van der Waals surface area contributed by atoms with Crippen LogP contribution in [0.4, 0.5) is 0 Å². The lowest BCUT2D eigenvalue weighted by molar-refractivity contribution is 0.0757. The van der Waals surface area contributed by atoms with Crippen LogP contribution in [0.5, 0.6) is 0 Å². The first-order chi connectivity index (χ1) is 14.0. The van der Waals surface area contributed by atoms with E-state index < -0.39 is 10.0 Å². The van der Waals surface area contributed by atoms with Gasteiger partial charge in [0.05, 0.1) is 18.1 Å². The molecule has 158 valence electrons. The molecule has 2 atom stereocenters. The molecule has 29 heavy (non-hydrogen) atoms. The molecule has 5 nitrogen and oxygen atoms in total. The monoisotopic (exact) mass is 416 g/mol. The summed E-state index contributed by atoms with van der Waals surface area (Å²) in [5.41, 5.74) is 1.16. The number of rotatable bonds is 10. The highest BCUT2D eigenvalue weighted by Crippen LogP contribution is 2.24. The van der Waals surface area contributed by atoms with Gasteiger partial charge in [-0.25, -0.2) is 8.42 Å². The van der Waals surface area contributed by atoms with Crippen molar-refractivity contribution in [1.82, 2.24) is 9.62 Å². The summed E-state index contributed by atoms with van der Waals surface area (Å²) in [6, 6.07) is 18.9. The molecule has 0 aromatic heterocycles. The summed E-state index contributed by atoms with van der Waals surface area (Å²) in [6.45, 7) is 8.04. The van der Waals surface area contributed by atoms with Crippen molar-refractivity contribution in [1.29, 1.82) is 0 Å². The Balaban J connectivity index is 1.64. The van der Waals surface area contributed by atoms with Gasteiger partial charge in [-0.3, -0.25) is 0 Å². The third-order valence-corrected chi connectivity index (χ3v) is 7.16. The van der Waals surface area contributed by atoms with Crippen LogP contribution in [-0.4, -0.2) is 45.5 Å². The maximum absolute atomic E-state index is 13.2. The van der Waals surface area contributed by atoms with Crippen LogP contribution in [0.25, 0.3) is 0 Å². The van der Waals surface area contributed by atoms with Gasteiger partial charge in [-0.2, -0.15) is 4.31 Å². The van der Waals surface area contributed by atoms with Crippen LogP contribution in [-0.2, 0) is 21.4 Å². The van der Waals surface area contributed by atoms with E-state index >= 15 is 0 Å². The van der Waals surface area contributed by atoms with Crippen LogP contribution >= 0.6 is 0 Å². The minimum absolute atomic E-state index is 0.239. The molecule has 2 aromatic rings. The molecule has 2 aromatic carbocycles. The van der Waals surface area contributed by atoms with Crippen molar-refractivity contribution < 1.29 is 13.2 Å². The van der Waals surface area contributed by atoms with Gasteiger partial charge >= 0.3 is 0 Å². The van der Waals surface area contributed by atoms with Gasteiger partial charge in [0.15, 0.2) is 0 Å². The number of sulfonamides is 1. The smallest absolute Gasteiger partial charge is 0.243 e. The van der Waals surface area contributed by atoms with Crippen LogP contribution in [0.3, 0.4) is 0 Å². The molecule has 0 unspecified atom stereocenters. The van der Waals surface area contributed by atoms with Crippen LogP contribution < -0.4 is 5.32 Å². The Bertz CT molecular complexity index is 841. The topological polar surface area (TPSA) is 58.6 Å². The minimum atomic E-state index is -3.51. The molecular formula is C23H32N2O3S. The predicted molar refractivity (Wildman–Crippen MR) is 116 cm³/mol. The van der Waals surface area contributed by atoms with Gasteiger partial charge in [-0.15, -0.1) is 0 Å². The zero-order valence-electron chi connectivity index (χ0n) is 17.3. The lowest BCUT2D eigenvalue weighted by Crippen LogP contribution is -2.40. The third kappa shape index (κ3) is 6.12. The van der Waals surface area contributed by atoms with E-state index in [1.54, 1.807) is 28.6 Å².